The quantitative estimate of drug-likeness (QED) is 0.402. The predicted octanol–water partition coefficient (Wildman–Crippen LogP) is 6.40. The SMILES string of the molecule is O=C(Nc1ncc(Cc2cccc(C(F)(F)F)c2)s1)c1cc2cc(Cl)ccc2o1. The maximum absolute atomic E-state index is 12.8. The number of anilines is 1. The summed E-state index contributed by atoms with van der Waals surface area (Å²) in [5.74, 6) is -0.366. The van der Waals surface area contributed by atoms with E-state index in [4.69, 9.17) is 16.0 Å². The van der Waals surface area contributed by atoms with Crippen molar-refractivity contribution in [3.63, 3.8) is 0 Å². The molecule has 0 saturated heterocycles. The first-order valence-corrected chi connectivity index (χ1v) is 9.59. The van der Waals surface area contributed by atoms with E-state index in [1.54, 1.807) is 30.3 Å². The molecule has 9 heteroatoms. The molecule has 0 bridgehead atoms. The largest absolute Gasteiger partial charge is 0.451 e. The summed E-state index contributed by atoms with van der Waals surface area (Å²) >= 11 is 7.11. The minimum Gasteiger partial charge on any atom is -0.451 e. The van der Waals surface area contributed by atoms with Crippen molar-refractivity contribution in [3.05, 3.63) is 81.5 Å². The maximum atomic E-state index is 12.8. The van der Waals surface area contributed by atoms with E-state index in [-0.39, 0.29) is 12.2 Å². The number of amides is 1. The molecule has 0 spiro atoms. The molecule has 0 radical (unpaired) electrons. The van der Waals surface area contributed by atoms with Crippen LogP contribution in [0, 0.1) is 0 Å². The summed E-state index contributed by atoms with van der Waals surface area (Å²) in [5.41, 5.74) is 0.345. The van der Waals surface area contributed by atoms with Crippen molar-refractivity contribution >= 4 is 44.9 Å². The number of rotatable bonds is 4. The number of aromatic nitrogens is 1. The van der Waals surface area contributed by atoms with Crippen LogP contribution in [0.15, 0.2) is 59.1 Å². The molecule has 2 aromatic carbocycles. The van der Waals surface area contributed by atoms with Gasteiger partial charge in [-0.2, -0.15) is 13.2 Å². The smallest absolute Gasteiger partial charge is 0.416 e. The molecular formula is C20H12ClF3N2O2S. The first-order valence-electron chi connectivity index (χ1n) is 8.39. The van der Waals surface area contributed by atoms with Gasteiger partial charge in [0.05, 0.1) is 5.56 Å². The number of nitrogens with zero attached hydrogens (tertiary/aromatic N) is 1. The minimum absolute atomic E-state index is 0.108. The highest BCUT2D eigenvalue weighted by molar-refractivity contribution is 7.15. The number of halogens is 4. The molecule has 148 valence electrons. The van der Waals surface area contributed by atoms with E-state index in [1.165, 1.54) is 23.6 Å². The molecule has 2 aromatic heterocycles. The van der Waals surface area contributed by atoms with E-state index in [9.17, 15) is 18.0 Å². The Kier molecular flexibility index (Phi) is 5.06. The molecule has 0 aliphatic carbocycles. The molecule has 4 aromatic rings. The van der Waals surface area contributed by atoms with Crippen molar-refractivity contribution in [3.8, 4) is 0 Å². The Labute approximate surface area is 171 Å². The zero-order valence-electron chi connectivity index (χ0n) is 14.6. The summed E-state index contributed by atoms with van der Waals surface area (Å²) in [6, 6.07) is 11.7. The van der Waals surface area contributed by atoms with Crippen molar-refractivity contribution in [1.29, 1.82) is 0 Å². The van der Waals surface area contributed by atoms with Crippen LogP contribution >= 0.6 is 22.9 Å². The summed E-state index contributed by atoms with van der Waals surface area (Å²) in [7, 11) is 0. The average molecular weight is 437 g/mol. The van der Waals surface area contributed by atoms with Gasteiger partial charge in [-0.25, -0.2) is 4.98 Å². The molecule has 0 unspecified atom stereocenters. The Morgan fingerprint density at radius 1 is 1.17 bits per heavy atom. The molecule has 4 nitrogen and oxygen atoms in total. The van der Waals surface area contributed by atoms with Gasteiger partial charge in [0.1, 0.15) is 5.58 Å². The van der Waals surface area contributed by atoms with E-state index in [2.05, 4.69) is 10.3 Å². The molecule has 0 fully saturated rings. The summed E-state index contributed by atoms with van der Waals surface area (Å²) < 4.78 is 44.0. The lowest BCUT2D eigenvalue weighted by molar-refractivity contribution is -0.137. The predicted molar refractivity (Wildman–Crippen MR) is 106 cm³/mol. The van der Waals surface area contributed by atoms with Crippen LogP contribution in [0.5, 0.6) is 0 Å². The average Bonchev–Trinajstić information content (AvgIpc) is 3.27. The second-order valence-electron chi connectivity index (χ2n) is 6.25. The third-order valence-corrected chi connectivity index (χ3v) is 5.26. The van der Waals surface area contributed by atoms with Gasteiger partial charge in [-0.05, 0) is 35.9 Å². The summed E-state index contributed by atoms with van der Waals surface area (Å²) in [4.78, 5) is 17.2. The van der Waals surface area contributed by atoms with Crippen molar-refractivity contribution < 1.29 is 22.4 Å². The fraction of sp³-hybridized carbons (Fsp3) is 0.100. The summed E-state index contributed by atoms with van der Waals surface area (Å²) in [5, 5.41) is 4.20. The normalized spacial score (nSPS) is 11.7. The van der Waals surface area contributed by atoms with Crippen LogP contribution in [0.25, 0.3) is 11.0 Å². The Balaban J connectivity index is 1.47. The lowest BCUT2D eigenvalue weighted by Crippen LogP contribution is -2.10. The van der Waals surface area contributed by atoms with Crippen molar-refractivity contribution in [2.75, 3.05) is 5.32 Å². The Bertz CT molecular complexity index is 1200. The fourth-order valence-electron chi connectivity index (χ4n) is 2.79. The third-order valence-electron chi connectivity index (χ3n) is 4.11. The van der Waals surface area contributed by atoms with Gasteiger partial charge in [0.15, 0.2) is 10.9 Å². The number of carbonyl (C=O) groups is 1. The molecule has 0 saturated carbocycles. The fourth-order valence-corrected chi connectivity index (χ4v) is 3.81. The lowest BCUT2D eigenvalue weighted by Gasteiger charge is -2.07. The van der Waals surface area contributed by atoms with Crippen LogP contribution in [0.2, 0.25) is 5.02 Å². The molecule has 4 rings (SSSR count). The van der Waals surface area contributed by atoms with Crippen molar-refractivity contribution in [1.82, 2.24) is 4.98 Å². The second-order valence-corrected chi connectivity index (χ2v) is 7.81. The summed E-state index contributed by atoms with van der Waals surface area (Å²) in [6.07, 6.45) is -2.58. The molecule has 0 atom stereocenters. The van der Waals surface area contributed by atoms with E-state index in [0.717, 1.165) is 17.0 Å². The van der Waals surface area contributed by atoms with E-state index in [1.807, 2.05) is 0 Å². The van der Waals surface area contributed by atoms with Gasteiger partial charge in [-0.15, -0.1) is 11.3 Å². The second kappa shape index (κ2) is 7.53. The van der Waals surface area contributed by atoms with Crippen LogP contribution in [-0.4, -0.2) is 10.9 Å². The highest BCUT2D eigenvalue weighted by Crippen LogP contribution is 2.31. The van der Waals surface area contributed by atoms with Gasteiger partial charge >= 0.3 is 6.18 Å². The standard InChI is InChI=1S/C20H12ClF3N2O2S/c21-14-4-5-16-12(8-14)9-17(28-16)18(27)26-19-25-10-15(29-19)7-11-2-1-3-13(6-11)20(22,23)24/h1-6,8-10H,7H2,(H,25,26,27). The number of carbonyl (C=O) groups excluding carboxylic acids is 1. The molecule has 0 aliphatic heterocycles. The van der Waals surface area contributed by atoms with Crippen molar-refractivity contribution in [2.24, 2.45) is 0 Å². The van der Waals surface area contributed by atoms with Gasteiger partial charge in [-0.3, -0.25) is 10.1 Å². The van der Waals surface area contributed by atoms with E-state index in [0.29, 0.717) is 26.7 Å². The number of benzene rings is 2. The van der Waals surface area contributed by atoms with Crippen LogP contribution in [0.3, 0.4) is 0 Å². The molecule has 1 N–H and O–H groups in total. The van der Waals surface area contributed by atoms with Gasteiger partial charge in [0, 0.05) is 27.9 Å². The van der Waals surface area contributed by atoms with E-state index < -0.39 is 17.6 Å². The van der Waals surface area contributed by atoms with Gasteiger partial charge in [0.2, 0.25) is 0 Å². The highest BCUT2D eigenvalue weighted by Gasteiger charge is 2.30. The molecule has 0 aliphatic rings. The first kappa shape index (κ1) is 19.5. The van der Waals surface area contributed by atoms with Crippen LogP contribution in [0.1, 0.15) is 26.6 Å². The number of nitrogens with one attached hydrogen (secondary N) is 1. The molecular weight excluding hydrogens is 425 g/mol. The number of hydrogen-bond donors (Lipinski definition) is 1. The third kappa shape index (κ3) is 4.44. The van der Waals surface area contributed by atoms with Gasteiger partial charge < -0.3 is 4.42 Å². The van der Waals surface area contributed by atoms with Crippen LogP contribution in [-0.2, 0) is 12.6 Å². The van der Waals surface area contributed by atoms with Gasteiger partial charge in [0.25, 0.3) is 5.91 Å². The van der Waals surface area contributed by atoms with E-state index >= 15 is 0 Å². The first-order chi connectivity index (χ1) is 13.8. The zero-order valence-corrected chi connectivity index (χ0v) is 16.2. The Morgan fingerprint density at radius 2 is 2.00 bits per heavy atom. The van der Waals surface area contributed by atoms with Crippen LogP contribution < -0.4 is 5.32 Å². The monoisotopic (exact) mass is 436 g/mol. The number of hydrogen-bond acceptors (Lipinski definition) is 4. The highest BCUT2D eigenvalue weighted by atomic mass is 35.5. The Hall–Kier alpha value is -2.84. The molecule has 2 heterocycles. The number of furan rings is 1. The number of alkyl halides is 3. The van der Waals surface area contributed by atoms with Crippen molar-refractivity contribution in [2.45, 2.75) is 12.6 Å². The molecule has 29 heavy (non-hydrogen) atoms. The number of thiazole rings is 1. The zero-order chi connectivity index (χ0) is 20.6. The Morgan fingerprint density at radius 3 is 2.79 bits per heavy atom. The minimum atomic E-state index is -4.39. The van der Waals surface area contributed by atoms with Gasteiger partial charge in [-0.1, -0.05) is 29.8 Å². The number of fused-ring (bicyclic) bond motifs is 1. The summed E-state index contributed by atoms with van der Waals surface area (Å²) in [6.45, 7) is 0. The maximum Gasteiger partial charge on any atom is 0.416 e. The molecule has 1 amide bonds. The lowest BCUT2D eigenvalue weighted by atomic mass is 10.1. The topological polar surface area (TPSA) is 55.1 Å². The van der Waals surface area contributed by atoms with Crippen LogP contribution in [0.4, 0.5) is 18.3 Å².